The second-order valence-corrected chi connectivity index (χ2v) is 9.16. The van der Waals surface area contributed by atoms with E-state index < -0.39 is 10.0 Å². The summed E-state index contributed by atoms with van der Waals surface area (Å²) in [6.45, 7) is 0.809. The molecular weight excluding hydrogens is 419 g/mol. The molecular formula is C20H22ClFN2O4S. The number of carbonyl (C=O) groups is 1. The molecule has 1 heterocycles. The van der Waals surface area contributed by atoms with E-state index in [0.717, 1.165) is 5.56 Å². The van der Waals surface area contributed by atoms with Gasteiger partial charge in [0.25, 0.3) is 0 Å². The number of halogens is 2. The van der Waals surface area contributed by atoms with E-state index in [1.54, 1.807) is 12.1 Å². The normalized spacial score (nSPS) is 15.8. The lowest BCUT2D eigenvalue weighted by atomic mass is 9.97. The summed E-state index contributed by atoms with van der Waals surface area (Å²) in [5, 5.41) is 3.06. The van der Waals surface area contributed by atoms with Gasteiger partial charge >= 0.3 is 0 Å². The van der Waals surface area contributed by atoms with Gasteiger partial charge in [-0.1, -0.05) is 23.7 Å². The first-order valence-electron chi connectivity index (χ1n) is 9.17. The Bertz CT molecular complexity index is 974. The predicted octanol–water partition coefficient (Wildman–Crippen LogP) is 3.20. The fraction of sp³-hybridized carbons (Fsp3) is 0.350. The van der Waals surface area contributed by atoms with Gasteiger partial charge in [0, 0.05) is 25.6 Å². The van der Waals surface area contributed by atoms with Crippen molar-refractivity contribution in [3.05, 3.63) is 58.9 Å². The number of rotatable bonds is 6. The van der Waals surface area contributed by atoms with Gasteiger partial charge in [-0.15, -0.1) is 0 Å². The molecule has 2 aromatic rings. The Hall–Kier alpha value is -2.16. The number of ether oxygens (including phenoxy) is 1. The van der Waals surface area contributed by atoms with Gasteiger partial charge < -0.3 is 10.1 Å². The second kappa shape index (κ2) is 9.11. The van der Waals surface area contributed by atoms with Crippen LogP contribution in [0.3, 0.4) is 0 Å². The van der Waals surface area contributed by atoms with E-state index in [2.05, 4.69) is 5.32 Å². The lowest BCUT2D eigenvalue weighted by Gasteiger charge is -2.30. The van der Waals surface area contributed by atoms with Crippen molar-refractivity contribution in [1.82, 2.24) is 9.62 Å². The van der Waals surface area contributed by atoms with Crippen molar-refractivity contribution in [1.29, 1.82) is 0 Å². The monoisotopic (exact) mass is 440 g/mol. The highest BCUT2D eigenvalue weighted by Gasteiger charge is 2.32. The van der Waals surface area contributed by atoms with Crippen LogP contribution in [-0.4, -0.2) is 38.8 Å². The summed E-state index contributed by atoms with van der Waals surface area (Å²) in [6.07, 6.45) is 0.858. The van der Waals surface area contributed by atoms with Crippen LogP contribution < -0.4 is 10.1 Å². The molecule has 1 fully saturated rings. The van der Waals surface area contributed by atoms with Crippen LogP contribution in [0.5, 0.6) is 5.75 Å². The van der Waals surface area contributed by atoms with Gasteiger partial charge in [0.05, 0.1) is 17.0 Å². The maximum atomic E-state index is 12.9. The average molecular weight is 441 g/mol. The number of hydrogen-bond acceptors (Lipinski definition) is 4. The van der Waals surface area contributed by atoms with Crippen LogP contribution in [0.15, 0.2) is 47.4 Å². The Labute approximate surface area is 174 Å². The maximum absolute atomic E-state index is 12.9. The van der Waals surface area contributed by atoms with E-state index in [4.69, 9.17) is 16.3 Å². The van der Waals surface area contributed by atoms with Crippen LogP contribution >= 0.6 is 11.6 Å². The van der Waals surface area contributed by atoms with Crippen LogP contribution in [0.4, 0.5) is 4.39 Å². The highest BCUT2D eigenvalue weighted by Crippen LogP contribution is 2.30. The third-order valence-corrected chi connectivity index (χ3v) is 7.16. The first kappa shape index (κ1) is 21.5. The van der Waals surface area contributed by atoms with Crippen molar-refractivity contribution in [3.8, 4) is 5.75 Å². The zero-order valence-electron chi connectivity index (χ0n) is 15.9. The van der Waals surface area contributed by atoms with E-state index in [1.807, 2.05) is 0 Å². The Kier molecular flexibility index (Phi) is 6.77. The zero-order chi connectivity index (χ0) is 21.0. The van der Waals surface area contributed by atoms with Crippen molar-refractivity contribution < 1.29 is 22.3 Å². The molecule has 0 unspecified atom stereocenters. The summed E-state index contributed by atoms with van der Waals surface area (Å²) in [6, 6.07) is 10.3. The number of piperidine rings is 1. The average Bonchev–Trinajstić information content (AvgIpc) is 2.73. The summed E-state index contributed by atoms with van der Waals surface area (Å²) < 4.78 is 45.1. The Morgan fingerprint density at radius 3 is 2.45 bits per heavy atom. The van der Waals surface area contributed by atoms with E-state index in [-0.39, 0.29) is 40.6 Å². The zero-order valence-corrected chi connectivity index (χ0v) is 17.5. The topological polar surface area (TPSA) is 75.7 Å². The fourth-order valence-corrected chi connectivity index (χ4v) is 5.07. The van der Waals surface area contributed by atoms with E-state index in [0.29, 0.717) is 25.1 Å². The van der Waals surface area contributed by atoms with E-state index in [1.165, 1.54) is 41.7 Å². The van der Waals surface area contributed by atoms with E-state index >= 15 is 0 Å². The molecule has 0 saturated carbocycles. The molecule has 2 aromatic carbocycles. The highest BCUT2D eigenvalue weighted by molar-refractivity contribution is 7.89. The minimum Gasteiger partial charge on any atom is -0.495 e. The van der Waals surface area contributed by atoms with Crippen LogP contribution in [0.25, 0.3) is 0 Å². The molecule has 1 amide bonds. The Morgan fingerprint density at radius 1 is 1.21 bits per heavy atom. The first-order chi connectivity index (χ1) is 13.8. The Balaban J connectivity index is 1.57. The van der Waals surface area contributed by atoms with Crippen molar-refractivity contribution in [3.63, 3.8) is 0 Å². The van der Waals surface area contributed by atoms with Gasteiger partial charge in [0.15, 0.2) is 0 Å². The molecule has 29 heavy (non-hydrogen) atoms. The number of nitrogens with zero attached hydrogens (tertiary/aromatic N) is 1. The quantitative estimate of drug-likeness (QED) is 0.748. The third kappa shape index (κ3) is 5.07. The van der Waals surface area contributed by atoms with Crippen LogP contribution in [0.2, 0.25) is 5.02 Å². The number of carbonyl (C=O) groups excluding carboxylic acids is 1. The number of hydrogen-bond donors (Lipinski definition) is 1. The summed E-state index contributed by atoms with van der Waals surface area (Å²) in [4.78, 5) is 12.5. The molecule has 0 bridgehead atoms. The van der Waals surface area contributed by atoms with Gasteiger partial charge in [-0.05, 0) is 48.7 Å². The number of amides is 1. The minimum atomic E-state index is -3.69. The fourth-order valence-electron chi connectivity index (χ4n) is 3.25. The number of methoxy groups -OCH3 is 1. The smallest absolute Gasteiger partial charge is 0.243 e. The number of benzene rings is 2. The summed E-state index contributed by atoms with van der Waals surface area (Å²) in [5.74, 6) is -0.311. The van der Waals surface area contributed by atoms with Crippen molar-refractivity contribution in [2.45, 2.75) is 24.3 Å². The lowest BCUT2D eigenvalue weighted by molar-refractivity contribution is -0.126. The van der Waals surface area contributed by atoms with Gasteiger partial charge in [0.1, 0.15) is 11.6 Å². The predicted molar refractivity (Wildman–Crippen MR) is 108 cm³/mol. The van der Waals surface area contributed by atoms with Crippen LogP contribution in [0.1, 0.15) is 18.4 Å². The van der Waals surface area contributed by atoms with Gasteiger partial charge in [0.2, 0.25) is 15.9 Å². The third-order valence-electron chi connectivity index (χ3n) is 4.97. The van der Waals surface area contributed by atoms with Gasteiger partial charge in [-0.2, -0.15) is 4.31 Å². The standard InChI is InChI=1S/C20H22ClFN2O4S/c1-28-19-7-6-17(12-18(19)21)29(26,27)24-10-8-15(9-11-24)20(25)23-13-14-2-4-16(22)5-3-14/h2-7,12,15H,8-11,13H2,1H3,(H,23,25). The van der Waals surface area contributed by atoms with Crippen molar-refractivity contribution >= 4 is 27.5 Å². The molecule has 1 N–H and O–H groups in total. The van der Waals surface area contributed by atoms with Gasteiger partial charge in [-0.3, -0.25) is 4.79 Å². The maximum Gasteiger partial charge on any atom is 0.243 e. The number of nitrogens with one attached hydrogen (secondary N) is 1. The summed E-state index contributed by atoms with van der Waals surface area (Å²) >= 11 is 6.05. The minimum absolute atomic E-state index is 0.0995. The lowest BCUT2D eigenvalue weighted by Crippen LogP contribution is -2.42. The van der Waals surface area contributed by atoms with Gasteiger partial charge in [-0.25, -0.2) is 12.8 Å². The molecule has 156 valence electrons. The van der Waals surface area contributed by atoms with Crippen LogP contribution in [0, 0.1) is 11.7 Å². The van der Waals surface area contributed by atoms with Crippen LogP contribution in [-0.2, 0) is 21.4 Å². The molecule has 0 atom stereocenters. The molecule has 0 spiro atoms. The molecule has 0 aromatic heterocycles. The van der Waals surface area contributed by atoms with Crippen molar-refractivity contribution in [2.24, 2.45) is 5.92 Å². The molecule has 0 radical (unpaired) electrons. The van der Waals surface area contributed by atoms with E-state index in [9.17, 15) is 17.6 Å². The first-order valence-corrected chi connectivity index (χ1v) is 11.0. The molecule has 1 aliphatic rings. The summed E-state index contributed by atoms with van der Waals surface area (Å²) in [7, 11) is -2.23. The Morgan fingerprint density at radius 2 is 1.86 bits per heavy atom. The molecule has 3 rings (SSSR count). The summed E-state index contributed by atoms with van der Waals surface area (Å²) in [5.41, 5.74) is 0.802. The molecule has 0 aliphatic carbocycles. The number of sulfonamides is 1. The highest BCUT2D eigenvalue weighted by atomic mass is 35.5. The molecule has 1 aliphatic heterocycles. The molecule has 6 nitrogen and oxygen atoms in total. The SMILES string of the molecule is COc1ccc(S(=O)(=O)N2CCC(C(=O)NCc3ccc(F)cc3)CC2)cc1Cl. The second-order valence-electron chi connectivity index (χ2n) is 6.82. The molecule has 9 heteroatoms. The largest absolute Gasteiger partial charge is 0.495 e. The molecule has 1 saturated heterocycles. The van der Waals surface area contributed by atoms with Crippen molar-refractivity contribution in [2.75, 3.05) is 20.2 Å².